The minimum absolute atomic E-state index is 0.180. The number of benzene rings is 1. The summed E-state index contributed by atoms with van der Waals surface area (Å²) < 4.78 is 28.9. The monoisotopic (exact) mass is 313 g/mol. The van der Waals surface area contributed by atoms with Crippen molar-refractivity contribution in [2.45, 2.75) is 18.4 Å². The van der Waals surface area contributed by atoms with Crippen LogP contribution in [0.1, 0.15) is 11.3 Å². The van der Waals surface area contributed by atoms with Gasteiger partial charge in [-0.2, -0.15) is 0 Å². The molecule has 20 heavy (non-hydrogen) atoms. The number of sulfonamides is 1. The molecule has 0 aliphatic heterocycles. The highest BCUT2D eigenvalue weighted by atomic mass is 35.5. The number of rotatable bonds is 4. The summed E-state index contributed by atoms with van der Waals surface area (Å²) in [5, 5.41) is 0.476. The Morgan fingerprint density at radius 1 is 1.35 bits per heavy atom. The smallest absolute Gasteiger partial charge is 0.263 e. The second-order valence-corrected chi connectivity index (χ2v) is 6.67. The minimum Gasteiger partial charge on any atom is -0.352 e. The first kappa shape index (κ1) is 14.9. The Kier molecular flexibility index (Phi) is 4.08. The van der Waals surface area contributed by atoms with Gasteiger partial charge in [-0.3, -0.25) is 4.72 Å². The fraction of sp³-hybridized carbons (Fsp3) is 0.231. The van der Waals surface area contributed by atoms with Crippen molar-refractivity contribution in [1.82, 2.24) is 4.57 Å². The van der Waals surface area contributed by atoms with Gasteiger partial charge in [0.25, 0.3) is 10.0 Å². The van der Waals surface area contributed by atoms with Gasteiger partial charge in [0, 0.05) is 30.5 Å². The zero-order valence-electron chi connectivity index (χ0n) is 11.2. The molecule has 7 heteroatoms. The van der Waals surface area contributed by atoms with Crippen LogP contribution in [0, 0.1) is 6.92 Å². The van der Waals surface area contributed by atoms with E-state index in [1.54, 1.807) is 35.9 Å². The fourth-order valence-electron chi connectivity index (χ4n) is 1.83. The summed E-state index contributed by atoms with van der Waals surface area (Å²) in [4.78, 5) is 0.180. The van der Waals surface area contributed by atoms with Gasteiger partial charge in [-0.25, -0.2) is 8.42 Å². The van der Waals surface area contributed by atoms with Gasteiger partial charge in [0.2, 0.25) is 0 Å². The SMILES string of the molecule is Cc1ccc(Cl)cc1NS(=O)(=O)c1cc(CN)n(C)c1. The molecule has 0 saturated carbocycles. The average Bonchev–Trinajstić information content (AvgIpc) is 2.76. The van der Waals surface area contributed by atoms with Crippen molar-refractivity contribution < 1.29 is 8.42 Å². The second kappa shape index (κ2) is 5.47. The van der Waals surface area contributed by atoms with Gasteiger partial charge in [0.15, 0.2) is 0 Å². The Hall–Kier alpha value is -1.50. The van der Waals surface area contributed by atoms with E-state index < -0.39 is 10.0 Å². The molecule has 2 rings (SSSR count). The molecular weight excluding hydrogens is 298 g/mol. The molecule has 1 aromatic carbocycles. The van der Waals surface area contributed by atoms with E-state index in [0.717, 1.165) is 11.3 Å². The molecule has 1 aromatic heterocycles. The van der Waals surface area contributed by atoms with E-state index in [4.69, 9.17) is 17.3 Å². The van der Waals surface area contributed by atoms with Gasteiger partial charge in [0.1, 0.15) is 4.90 Å². The van der Waals surface area contributed by atoms with Gasteiger partial charge < -0.3 is 10.3 Å². The van der Waals surface area contributed by atoms with Gasteiger partial charge in [-0.1, -0.05) is 17.7 Å². The van der Waals surface area contributed by atoms with Crippen LogP contribution in [0.5, 0.6) is 0 Å². The van der Waals surface area contributed by atoms with E-state index in [-0.39, 0.29) is 11.4 Å². The maximum Gasteiger partial charge on any atom is 0.263 e. The lowest BCUT2D eigenvalue weighted by Gasteiger charge is -2.09. The number of anilines is 1. The normalized spacial score (nSPS) is 11.6. The number of nitrogens with two attached hydrogens (primary N) is 1. The topological polar surface area (TPSA) is 77.1 Å². The Bertz CT molecular complexity index is 738. The lowest BCUT2D eigenvalue weighted by Crippen LogP contribution is -2.13. The molecule has 0 fully saturated rings. The lowest BCUT2D eigenvalue weighted by molar-refractivity contribution is 0.601. The van der Waals surface area contributed by atoms with E-state index >= 15 is 0 Å². The van der Waals surface area contributed by atoms with Crippen molar-refractivity contribution in [3.05, 3.63) is 46.7 Å². The Balaban J connectivity index is 2.37. The highest BCUT2D eigenvalue weighted by Gasteiger charge is 2.18. The maximum absolute atomic E-state index is 12.3. The number of hydrogen-bond acceptors (Lipinski definition) is 3. The van der Waals surface area contributed by atoms with Crippen LogP contribution in [0.2, 0.25) is 5.02 Å². The predicted molar refractivity (Wildman–Crippen MR) is 80.3 cm³/mol. The third kappa shape index (κ3) is 2.98. The molecule has 0 bridgehead atoms. The first-order chi connectivity index (χ1) is 9.33. The number of nitrogens with zero attached hydrogens (tertiary/aromatic N) is 1. The minimum atomic E-state index is -3.65. The standard InChI is InChI=1S/C13H16ClN3O2S/c1-9-3-4-10(14)5-13(9)16-20(18,19)12-6-11(7-15)17(2)8-12/h3-6,8,16H,7,15H2,1-2H3. The summed E-state index contributed by atoms with van der Waals surface area (Å²) in [7, 11) is -1.89. The molecule has 0 atom stereocenters. The maximum atomic E-state index is 12.3. The summed E-state index contributed by atoms with van der Waals surface area (Å²) in [5.41, 5.74) is 7.56. The molecule has 0 spiro atoms. The lowest BCUT2D eigenvalue weighted by atomic mass is 10.2. The van der Waals surface area contributed by atoms with Crippen LogP contribution in [-0.4, -0.2) is 13.0 Å². The summed E-state index contributed by atoms with van der Waals surface area (Å²) in [6.07, 6.45) is 1.53. The third-order valence-corrected chi connectivity index (χ3v) is 4.61. The molecule has 0 saturated heterocycles. The van der Waals surface area contributed by atoms with Crippen LogP contribution in [-0.2, 0) is 23.6 Å². The van der Waals surface area contributed by atoms with E-state index in [9.17, 15) is 8.42 Å². The molecule has 0 aliphatic carbocycles. The van der Waals surface area contributed by atoms with Gasteiger partial charge in [0.05, 0.1) is 5.69 Å². The van der Waals surface area contributed by atoms with Crippen molar-refractivity contribution in [3.8, 4) is 0 Å². The highest BCUT2D eigenvalue weighted by Crippen LogP contribution is 2.24. The first-order valence-corrected chi connectivity index (χ1v) is 7.84. The molecule has 0 aliphatic rings. The molecule has 0 radical (unpaired) electrons. The van der Waals surface area contributed by atoms with Gasteiger partial charge >= 0.3 is 0 Å². The molecular formula is C13H16ClN3O2S. The van der Waals surface area contributed by atoms with Crippen molar-refractivity contribution in [2.24, 2.45) is 12.8 Å². The van der Waals surface area contributed by atoms with Crippen LogP contribution in [0.4, 0.5) is 5.69 Å². The fourth-order valence-corrected chi connectivity index (χ4v) is 3.22. The largest absolute Gasteiger partial charge is 0.352 e. The van der Waals surface area contributed by atoms with E-state index in [1.807, 2.05) is 6.92 Å². The van der Waals surface area contributed by atoms with Crippen LogP contribution < -0.4 is 10.5 Å². The third-order valence-electron chi connectivity index (χ3n) is 3.05. The molecule has 1 heterocycles. The first-order valence-electron chi connectivity index (χ1n) is 5.98. The Morgan fingerprint density at radius 3 is 2.65 bits per heavy atom. The molecule has 0 amide bonds. The zero-order chi connectivity index (χ0) is 14.9. The van der Waals surface area contributed by atoms with Crippen LogP contribution in [0.3, 0.4) is 0 Å². The van der Waals surface area contributed by atoms with Crippen LogP contribution >= 0.6 is 11.6 Å². The number of nitrogens with one attached hydrogen (secondary N) is 1. The van der Waals surface area contributed by atoms with Crippen LogP contribution in [0.15, 0.2) is 35.4 Å². The summed E-state index contributed by atoms with van der Waals surface area (Å²) >= 11 is 5.89. The number of aryl methyl sites for hydroxylation is 2. The van der Waals surface area contributed by atoms with E-state index in [2.05, 4.69) is 4.72 Å². The Labute approximate surface area is 123 Å². The molecule has 0 unspecified atom stereocenters. The number of halogens is 1. The molecule has 108 valence electrons. The highest BCUT2D eigenvalue weighted by molar-refractivity contribution is 7.92. The van der Waals surface area contributed by atoms with Gasteiger partial charge in [-0.05, 0) is 30.7 Å². The quantitative estimate of drug-likeness (QED) is 0.908. The number of hydrogen-bond donors (Lipinski definition) is 2. The van der Waals surface area contributed by atoms with E-state index in [1.165, 1.54) is 6.20 Å². The number of aromatic nitrogens is 1. The molecule has 3 N–H and O–H groups in total. The summed E-state index contributed by atoms with van der Waals surface area (Å²) in [5.74, 6) is 0. The van der Waals surface area contributed by atoms with Crippen molar-refractivity contribution in [1.29, 1.82) is 0 Å². The Morgan fingerprint density at radius 2 is 2.05 bits per heavy atom. The summed E-state index contributed by atoms with van der Waals surface area (Å²) in [6.45, 7) is 2.09. The molecule has 5 nitrogen and oxygen atoms in total. The predicted octanol–water partition coefficient (Wildman–Crippen LogP) is 2.25. The second-order valence-electron chi connectivity index (χ2n) is 4.55. The van der Waals surface area contributed by atoms with Crippen LogP contribution in [0.25, 0.3) is 0 Å². The summed E-state index contributed by atoms with van der Waals surface area (Å²) in [6, 6.07) is 6.61. The van der Waals surface area contributed by atoms with E-state index in [0.29, 0.717) is 10.7 Å². The molecule has 2 aromatic rings. The average molecular weight is 314 g/mol. The van der Waals surface area contributed by atoms with Crippen molar-refractivity contribution in [3.63, 3.8) is 0 Å². The van der Waals surface area contributed by atoms with Gasteiger partial charge in [-0.15, -0.1) is 0 Å². The van der Waals surface area contributed by atoms with Crippen molar-refractivity contribution in [2.75, 3.05) is 4.72 Å². The van der Waals surface area contributed by atoms with Crippen molar-refractivity contribution >= 4 is 27.3 Å². The zero-order valence-corrected chi connectivity index (χ0v) is 12.8.